The van der Waals surface area contributed by atoms with E-state index in [0.29, 0.717) is 18.7 Å². The Balaban J connectivity index is 2.07. The fraction of sp³-hybridized carbons (Fsp3) is 0.438. The van der Waals surface area contributed by atoms with Crippen LogP contribution < -0.4 is 5.32 Å². The minimum atomic E-state index is -0.944. The number of hydrogen-bond donors (Lipinski definition) is 2. The molecule has 1 atom stereocenters. The Labute approximate surface area is 129 Å². The molecule has 1 fully saturated rings. The number of rotatable bonds is 4. The second kappa shape index (κ2) is 7.06. The number of carbonyl (C=O) groups excluding carboxylic acids is 2. The minimum absolute atomic E-state index is 0.136. The van der Waals surface area contributed by atoms with E-state index >= 15 is 0 Å². The highest BCUT2D eigenvalue weighted by atomic mass is 16.4. The number of piperidine rings is 1. The highest BCUT2D eigenvalue weighted by Gasteiger charge is 2.31. The summed E-state index contributed by atoms with van der Waals surface area (Å²) in [7, 11) is 0. The van der Waals surface area contributed by atoms with E-state index < -0.39 is 12.0 Å². The summed E-state index contributed by atoms with van der Waals surface area (Å²) in [6.45, 7) is 1.91. The van der Waals surface area contributed by atoms with Crippen LogP contribution in [-0.4, -0.2) is 40.4 Å². The highest BCUT2D eigenvalue weighted by molar-refractivity contribution is 5.89. The first-order chi connectivity index (χ1) is 10.5. The molecular formula is C16H20N2O4. The first kappa shape index (κ1) is 16.0. The number of carbonyl (C=O) groups is 3. The van der Waals surface area contributed by atoms with E-state index in [1.165, 1.54) is 11.8 Å². The molecule has 22 heavy (non-hydrogen) atoms. The minimum Gasteiger partial charge on any atom is -0.480 e. The molecule has 6 nitrogen and oxygen atoms in total. The molecule has 2 amide bonds. The zero-order valence-electron chi connectivity index (χ0n) is 12.5. The number of carboxylic acids is 1. The van der Waals surface area contributed by atoms with Crippen LogP contribution in [0.15, 0.2) is 24.3 Å². The normalized spacial score (nSPS) is 17.9. The fourth-order valence-corrected chi connectivity index (χ4v) is 2.73. The molecule has 0 bridgehead atoms. The second-order valence-electron chi connectivity index (χ2n) is 5.50. The van der Waals surface area contributed by atoms with Crippen LogP contribution in [0.2, 0.25) is 0 Å². The van der Waals surface area contributed by atoms with Gasteiger partial charge < -0.3 is 15.3 Å². The monoisotopic (exact) mass is 304 g/mol. The molecule has 118 valence electrons. The molecular weight excluding hydrogens is 284 g/mol. The van der Waals surface area contributed by atoms with Gasteiger partial charge in [0, 0.05) is 19.2 Å². The van der Waals surface area contributed by atoms with Gasteiger partial charge in [-0.25, -0.2) is 4.79 Å². The fourth-order valence-electron chi connectivity index (χ4n) is 2.73. The Morgan fingerprint density at radius 2 is 2.09 bits per heavy atom. The molecule has 1 aliphatic heterocycles. The number of aliphatic carboxylic acids is 1. The van der Waals surface area contributed by atoms with Crippen LogP contribution in [0.5, 0.6) is 0 Å². The van der Waals surface area contributed by atoms with Gasteiger partial charge in [-0.3, -0.25) is 9.59 Å². The molecule has 1 aliphatic rings. The van der Waals surface area contributed by atoms with Crippen LogP contribution in [0.1, 0.15) is 31.7 Å². The summed E-state index contributed by atoms with van der Waals surface area (Å²) in [6, 6.07) is 6.32. The molecule has 0 spiro atoms. The van der Waals surface area contributed by atoms with Gasteiger partial charge in [0.1, 0.15) is 6.04 Å². The molecule has 0 radical (unpaired) electrons. The van der Waals surface area contributed by atoms with E-state index in [9.17, 15) is 19.5 Å². The molecule has 0 aromatic heterocycles. The predicted molar refractivity (Wildman–Crippen MR) is 81.4 cm³/mol. The average Bonchev–Trinajstić information content (AvgIpc) is 2.46. The van der Waals surface area contributed by atoms with Gasteiger partial charge in [-0.2, -0.15) is 0 Å². The average molecular weight is 304 g/mol. The van der Waals surface area contributed by atoms with Gasteiger partial charge in [0.15, 0.2) is 0 Å². The maximum absolute atomic E-state index is 12.4. The number of nitrogens with zero attached hydrogens (tertiary/aromatic N) is 1. The molecule has 1 saturated heterocycles. The van der Waals surface area contributed by atoms with Crippen LogP contribution in [0.4, 0.5) is 5.69 Å². The molecule has 0 unspecified atom stereocenters. The quantitative estimate of drug-likeness (QED) is 0.885. The van der Waals surface area contributed by atoms with Crippen molar-refractivity contribution in [2.45, 2.75) is 38.6 Å². The number of benzene rings is 1. The molecule has 0 aliphatic carbocycles. The molecule has 2 rings (SSSR count). The summed E-state index contributed by atoms with van der Waals surface area (Å²) >= 11 is 0. The third-order valence-corrected chi connectivity index (χ3v) is 3.71. The van der Waals surface area contributed by atoms with Gasteiger partial charge in [0.05, 0.1) is 6.42 Å². The highest BCUT2D eigenvalue weighted by Crippen LogP contribution is 2.19. The van der Waals surface area contributed by atoms with E-state index in [1.807, 2.05) is 0 Å². The van der Waals surface area contributed by atoms with E-state index in [-0.39, 0.29) is 18.2 Å². The lowest BCUT2D eigenvalue weighted by molar-refractivity contribution is -0.151. The number of amides is 2. The van der Waals surface area contributed by atoms with Gasteiger partial charge >= 0.3 is 5.97 Å². The summed E-state index contributed by atoms with van der Waals surface area (Å²) in [5.74, 6) is -1.31. The number of likely N-dealkylation sites (tertiary alicyclic amines) is 1. The van der Waals surface area contributed by atoms with Gasteiger partial charge in [0.25, 0.3) is 0 Å². The van der Waals surface area contributed by atoms with Crippen molar-refractivity contribution in [3.05, 3.63) is 29.8 Å². The SMILES string of the molecule is CC(=O)Nc1cccc(CC(=O)N2CCCC[C@@H]2C(=O)O)c1. The first-order valence-electron chi connectivity index (χ1n) is 7.36. The molecule has 1 aromatic rings. The van der Waals surface area contributed by atoms with Crippen LogP contribution in [0.25, 0.3) is 0 Å². The maximum Gasteiger partial charge on any atom is 0.326 e. The van der Waals surface area contributed by atoms with Gasteiger partial charge in [-0.05, 0) is 37.0 Å². The van der Waals surface area contributed by atoms with Gasteiger partial charge in [-0.1, -0.05) is 12.1 Å². The van der Waals surface area contributed by atoms with Crippen molar-refractivity contribution >= 4 is 23.5 Å². The standard InChI is InChI=1S/C16H20N2O4/c1-11(19)17-13-6-4-5-12(9-13)10-15(20)18-8-3-2-7-14(18)16(21)22/h4-6,9,14H,2-3,7-8,10H2,1H3,(H,17,19)(H,21,22)/t14-/m1/s1. The molecule has 2 N–H and O–H groups in total. The van der Waals surface area contributed by atoms with Crippen molar-refractivity contribution in [3.63, 3.8) is 0 Å². The van der Waals surface area contributed by atoms with E-state index in [4.69, 9.17) is 0 Å². The van der Waals surface area contributed by atoms with Crippen LogP contribution in [0, 0.1) is 0 Å². The van der Waals surface area contributed by atoms with Crippen molar-refractivity contribution in [2.75, 3.05) is 11.9 Å². The molecule has 0 saturated carbocycles. The Kier molecular flexibility index (Phi) is 5.14. The summed E-state index contributed by atoms with van der Waals surface area (Å²) < 4.78 is 0. The van der Waals surface area contributed by atoms with E-state index in [2.05, 4.69) is 5.32 Å². The lowest BCUT2D eigenvalue weighted by Gasteiger charge is -2.33. The number of anilines is 1. The summed E-state index contributed by atoms with van der Waals surface area (Å²) in [5, 5.41) is 11.9. The summed E-state index contributed by atoms with van der Waals surface area (Å²) in [5.41, 5.74) is 1.39. The molecule has 1 aromatic carbocycles. The smallest absolute Gasteiger partial charge is 0.326 e. The third-order valence-electron chi connectivity index (χ3n) is 3.71. The van der Waals surface area contributed by atoms with Gasteiger partial charge in [-0.15, -0.1) is 0 Å². The zero-order valence-corrected chi connectivity index (χ0v) is 12.5. The number of hydrogen-bond acceptors (Lipinski definition) is 3. The van der Waals surface area contributed by atoms with Crippen molar-refractivity contribution in [2.24, 2.45) is 0 Å². The molecule has 6 heteroatoms. The molecule has 1 heterocycles. The zero-order chi connectivity index (χ0) is 16.1. The summed E-state index contributed by atoms with van der Waals surface area (Å²) in [6.07, 6.45) is 2.31. The predicted octanol–water partition coefficient (Wildman–Crippen LogP) is 1.65. The van der Waals surface area contributed by atoms with Gasteiger partial charge in [0.2, 0.25) is 11.8 Å². The van der Waals surface area contributed by atoms with Crippen molar-refractivity contribution in [1.29, 1.82) is 0 Å². The van der Waals surface area contributed by atoms with Crippen LogP contribution >= 0.6 is 0 Å². The van der Waals surface area contributed by atoms with E-state index in [0.717, 1.165) is 18.4 Å². The Morgan fingerprint density at radius 1 is 1.32 bits per heavy atom. The van der Waals surface area contributed by atoms with Crippen molar-refractivity contribution in [1.82, 2.24) is 4.90 Å². The van der Waals surface area contributed by atoms with Crippen molar-refractivity contribution < 1.29 is 19.5 Å². The largest absolute Gasteiger partial charge is 0.480 e. The maximum atomic E-state index is 12.4. The van der Waals surface area contributed by atoms with E-state index in [1.54, 1.807) is 24.3 Å². The Bertz CT molecular complexity index is 585. The first-order valence-corrected chi connectivity index (χ1v) is 7.36. The second-order valence-corrected chi connectivity index (χ2v) is 5.50. The van der Waals surface area contributed by atoms with Crippen molar-refractivity contribution in [3.8, 4) is 0 Å². The Morgan fingerprint density at radius 3 is 2.77 bits per heavy atom. The lowest BCUT2D eigenvalue weighted by atomic mass is 10.0. The Hall–Kier alpha value is -2.37. The topological polar surface area (TPSA) is 86.7 Å². The lowest BCUT2D eigenvalue weighted by Crippen LogP contribution is -2.48. The summed E-state index contributed by atoms with van der Waals surface area (Å²) in [4.78, 5) is 36.2. The number of carboxylic acid groups (broad SMARTS) is 1. The van der Waals surface area contributed by atoms with Crippen LogP contribution in [-0.2, 0) is 20.8 Å². The number of nitrogens with one attached hydrogen (secondary N) is 1. The third kappa shape index (κ3) is 4.07. The van der Waals surface area contributed by atoms with Crippen LogP contribution in [0.3, 0.4) is 0 Å².